The SMILES string of the molecule is O=C(NC[C@H](c1ccc(F)cc1)[NH+]1CCOCC1)C(c1ccccc1)c1ccccc1. The Labute approximate surface area is 182 Å². The molecule has 1 amide bonds. The minimum absolute atomic E-state index is 0.0304. The van der Waals surface area contributed by atoms with Crippen molar-refractivity contribution < 1.29 is 18.8 Å². The molecule has 4 nitrogen and oxygen atoms in total. The molecule has 5 heteroatoms. The Morgan fingerprint density at radius 3 is 1.94 bits per heavy atom. The van der Waals surface area contributed by atoms with Gasteiger partial charge < -0.3 is 15.0 Å². The summed E-state index contributed by atoms with van der Waals surface area (Å²) in [6.07, 6.45) is 0. The van der Waals surface area contributed by atoms with Gasteiger partial charge in [-0.2, -0.15) is 0 Å². The summed E-state index contributed by atoms with van der Waals surface area (Å²) in [6.45, 7) is 3.59. The zero-order valence-electron chi connectivity index (χ0n) is 17.5. The van der Waals surface area contributed by atoms with Crippen LogP contribution >= 0.6 is 0 Å². The molecule has 3 aromatic rings. The molecule has 0 radical (unpaired) electrons. The topological polar surface area (TPSA) is 42.8 Å². The van der Waals surface area contributed by atoms with E-state index < -0.39 is 0 Å². The van der Waals surface area contributed by atoms with Gasteiger partial charge in [-0.1, -0.05) is 72.8 Å². The van der Waals surface area contributed by atoms with E-state index in [9.17, 15) is 9.18 Å². The van der Waals surface area contributed by atoms with Crippen LogP contribution in [0.1, 0.15) is 28.7 Å². The van der Waals surface area contributed by atoms with Crippen LogP contribution in [0.25, 0.3) is 0 Å². The van der Waals surface area contributed by atoms with Gasteiger partial charge in [0, 0.05) is 5.56 Å². The van der Waals surface area contributed by atoms with Crippen molar-refractivity contribution in [1.29, 1.82) is 0 Å². The molecular formula is C26H28FN2O2+. The summed E-state index contributed by atoms with van der Waals surface area (Å²) >= 11 is 0. The maximum atomic E-state index is 13.5. The van der Waals surface area contributed by atoms with Gasteiger partial charge in [0.15, 0.2) is 0 Å². The number of hydrogen-bond donors (Lipinski definition) is 2. The normalized spacial score (nSPS) is 15.5. The van der Waals surface area contributed by atoms with Gasteiger partial charge in [0.1, 0.15) is 24.9 Å². The zero-order chi connectivity index (χ0) is 21.5. The third kappa shape index (κ3) is 5.37. The maximum Gasteiger partial charge on any atom is 0.232 e. The summed E-state index contributed by atoms with van der Waals surface area (Å²) in [4.78, 5) is 14.8. The third-order valence-corrected chi connectivity index (χ3v) is 5.91. The van der Waals surface area contributed by atoms with Crippen LogP contribution < -0.4 is 10.2 Å². The van der Waals surface area contributed by atoms with E-state index in [-0.39, 0.29) is 23.7 Å². The van der Waals surface area contributed by atoms with E-state index >= 15 is 0 Å². The lowest BCUT2D eigenvalue weighted by Crippen LogP contribution is -3.15. The maximum absolute atomic E-state index is 13.5. The molecule has 1 fully saturated rings. The van der Waals surface area contributed by atoms with E-state index in [0.717, 1.165) is 29.8 Å². The van der Waals surface area contributed by atoms with Gasteiger partial charge in [0.05, 0.1) is 25.7 Å². The second-order valence-corrected chi connectivity index (χ2v) is 7.87. The Morgan fingerprint density at radius 1 is 0.839 bits per heavy atom. The summed E-state index contributed by atoms with van der Waals surface area (Å²) in [7, 11) is 0. The molecule has 0 unspecified atom stereocenters. The lowest BCUT2D eigenvalue weighted by Gasteiger charge is -2.32. The summed E-state index contributed by atoms with van der Waals surface area (Å²) in [6, 6.07) is 26.3. The molecule has 0 spiro atoms. The summed E-state index contributed by atoms with van der Waals surface area (Å²) in [5.41, 5.74) is 2.95. The number of nitrogens with one attached hydrogen (secondary N) is 2. The van der Waals surface area contributed by atoms with Crippen molar-refractivity contribution in [2.75, 3.05) is 32.8 Å². The number of amides is 1. The number of hydrogen-bond acceptors (Lipinski definition) is 2. The second kappa shape index (κ2) is 10.3. The van der Waals surface area contributed by atoms with Gasteiger partial charge >= 0.3 is 0 Å². The molecule has 0 saturated carbocycles. The molecule has 0 aromatic heterocycles. The summed E-state index contributed by atoms with van der Waals surface area (Å²) in [5, 5.41) is 3.20. The van der Waals surface area contributed by atoms with Crippen LogP contribution in [0.5, 0.6) is 0 Å². The number of morpholine rings is 1. The Bertz CT molecular complexity index is 918. The first-order valence-electron chi connectivity index (χ1n) is 10.8. The molecule has 1 aliphatic rings. The molecule has 31 heavy (non-hydrogen) atoms. The van der Waals surface area contributed by atoms with Crippen LogP contribution in [0.4, 0.5) is 4.39 Å². The Hall–Kier alpha value is -3.02. The lowest BCUT2D eigenvalue weighted by molar-refractivity contribution is -0.937. The van der Waals surface area contributed by atoms with Crippen LogP contribution in [0, 0.1) is 5.82 Å². The van der Waals surface area contributed by atoms with Crippen LogP contribution in [0.3, 0.4) is 0 Å². The minimum Gasteiger partial charge on any atom is -0.370 e. The van der Waals surface area contributed by atoms with Gasteiger partial charge in [-0.3, -0.25) is 4.79 Å². The number of rotatable bonds is 7. The highest BCUT2D eigenvalue weighted by molar-refractivity contribution is 5.87. The number of benzene rings is 3. The van der Waals surface area contributed by atoms with Crippen molar-refractivity contribution >= 4 is 5.91 Å². The standard InChI is InChI=1S/C26H27FN2O2/c27-23-13-11-20(12-14-23)24(29-15-17-31-18-16-29)19-28-26(30)25(21-7-3-1-4-8-21)22-9-5-2-6-10-22/h1-14,24-25H,15-19H2,(H,28,30)/p+1/t24-/m1/s1. The molecule has 2 N–H and O–H groups in total. The third-order valence-electron chi connectivity index (χ3n) is 5.91. The zero-order valence-corrected chi connectivity index (χ0v) is 17.5. The molecule has 4 rings (SSSR count). The molecule has 1 heterocycles. The molecule has 0 aliphatic carbocycles. The van der Waals surface area contributed by atoms with Crippen molar-refractivity contribution in [2.45, 2.75) is 12.0 Å². The first kappa shape index (κ1) is 21.2. The fourth-order valence-electron chi connectivity index (χ4n) is 4.27. The van der Waals surface area contributed by atoms with E-state index in [4.69, 9.17) is 4.74 Å². The molecular weight excluding hydrogens is 391 g/mol. The Morgan fingerprint density at radius 2 is 1.39 bits per heavy atom. The molecule has 1 saturated heterocycles. The molecule has 1 aliphatic heterocycles. The molecule has 0 bridgehead atoms. The number of quaternary nitrogens is 1. The van der Waals surface area contributed by atoms with Gasteiger partial charge in [0.25, 0.3) is 0 Å². The van der Waals surface area contributed by atoms with E-state index in [1.807, 2.05) is 72.8 Å². The molecule has 160 valence electrons. The number of halogens is 1. The van der Waals surface area contributed by atoms with Gasteiger partial charge in [-0.15, -0.1) is 0 Å². The van der Waals surface area contributed by atoms with Gasteiger partial charge in [-0.25, -0.2) is 4.39 Å². The fraction of sp³-hybridized carbons (Fsp3) is 0.269. The highest BCUT2D eigenvalue weighted by Crippen LogP contribution is 2.25. The Balaban J connectivity index is 1.55. The smallest absolute Gasteiger partial charge is 0.232 e. The number of carbonyl (C=O) groups is 1. The van der Waals surface area contributed by atoms with Crippen molar-refractivity contribution in [2.24, 2.45) is 0 Å². The molecule has 1 atom stereocenters. The number of carbonyl (C=O) groups excluding carboxylic acids is 1. The van der Waals surface area contributed by atoms with Crippen LogP contribution in [-0.4, -0.2) is 38.8 Å². The second-order valence-electron chi connectivity index (χ2n) is 7.87. The minimum atomic E-state index is -0.379. The monoisotopic (exact) mass is 419 g/mol. The Kier molecular flexibility index (Phi) is 7.07. The first-order valence-corrected chi connectivity index (χ1v) is 10.8. The van der Waals surface area contributed by atoms with Crippen molar-refractivity contribution in [3.63, 3.8) is 0 Å². The highest BCUT2D eigenvalue weighted by Gasteiger charge is 2.29. The molecule has 3 aromatic carbocycles. The highest BCUT2D eigenvalue weighted by atomic mass is 19.1. The van der Waals surface area contributed by atoms with Crippen molar-refractivity contribution in [3.05, 3.63) is 107 Å². The van der Waals surface area contributed by atoms with Crippen LogP contribution in [0.15, 0.2) is 84.9 Å². The van der Waals surface area contributed by atoms with Crippen molar-refractivity contribution in [3.8, 4) is 0 Å². The predicted molar refractivity (Wildman–Crippen MR) is 118 cm³/mol. The van der Waals surface area contributed by atoms with E-state index in [0.29, 0.717) is 19.8 Å². The van der Waals surface area contributed by atoms with E-state index in [2.05, 4.69) is 5.32 Å². The van der Waals surface area contributed by atoms with E-state index in [1.165, 1.54) is 17.0 Å². The lowest BCUT2D eigenvalue weighted by atomic mass is 9.90. The largest absolute Gasteiger partial charge is 0.370 e. The van der Waals surface area contributed by atoms with Gasteiger partial charge in [0.2, 0.25) is 5.91 Å². The predicted octanol–water partition coefficient (Wildman–Crippen LogP) is 2.73. The summed E-state index contributed by atoms with van der Waals surface area (Å²) in [5.74, 6) is -0.662. The van der Waals surface area contributed by atoms with Crippen molar-refractivity contribution in [1.82, 2.24) is 5.32 Å². The fourth-order valence-corrected chi connectivity index (χ4v) is 4.27. The average molecular weight is 420 g/mol. The summed E-state index contributed by atoms with van der Waals surface area (Å²) < 4.78 is 19.0. The quantitative estimate of drug-likeness (QED) is 0.619. The van der Waals surface area contributed by atoms with Crippen LogP contribution in [-0.2, 0) is 9.53 Å². The van der Waals surface area contributed by atoms with Crippen LogP contribution in [0.2, 0.25) is 0 Å². The average Bonchev–Trinajstić information content (AvgIpc) is 2.83. The van der Waals surface area contributed by atoms with E-state index in [1.54, 1.807) is 0 Å². The number of ether oxygens (including phenoxy) is 1. The first-order chi connectivity index (χ1) is 15.2. The van der Waals surface area contributed by atoms with Gasteiger partial charge in [-0.05, 0) is 23.3 Å².